The smallest absolute Gasteiger partial charge is 0.0543 e. The van der Waals surface area contributed by atoms with Gasteiger partial charge in [-0.05, 0) is 116 Å². The Balaban J connectivity index is 1.46. The van der Waals surface area contributed by atoms with E-state index in [1.807, 2.05) is 0 Å². The molecule has 0 bridgehead atoms. The molecule has 0 aliphatic heterocycles. The van der Waals surface area contributed by atoms with Crippen LogP contribution in [0.2, 0.25) is 0 Å². The zero-order valence-corrected chi connectivity index (χ0v) is 20.4. The first-order chi connectivity index (χ1) is 13.7. The molecule has 1 heteroatoms. The van der Waals surface area contributed by atoms with Crippen molar-refractivity contribution >= 4 is 0 Å². The minimum absolute atomic E-state index is 0.0107. The number of hydrogen-bond donors (Lipinski definition) is 1. The van der Waals surface area contributed by atoms with Crippen molar-refractivity contribution < 1.29 is 5.11 Å². The molecule has 0 aromatic rings. The quantitative estimate of drug-likeness (QED) is 0.499. The van der Waals surface area contributed by atoms with E-state index < -0.39 is 0 Å². The van der Waals surface area contributed by atoms with E-state index in [4.69, 9.17) is 0 Å². The summed E-state index contributed by atoms with van der Waals surface area (Å²) in [5, 5.41) is 10.3. The predicted octanol–water partition coefficient (Wildman–Crippen LogP) is 7.71. The lowest BCUT2D eigenvalue weighted by Crippen LogP contribution is -2.54. The second-order valence-corrected chi connectivity index (χ2v) is 13.1. The zero-order chi connectivity index (χ0) is 21.0. The molecule has 4 rings (SSSR count). The van der Waals surface area contributed by atoms with Gasteiger partial charge < -0.3 is 5.11 Å². The first-order valence-corrected chi connectivity index (χ1v) is 13.3. The summed E-state index contributed by atoms with van der Waals surface area (Å²) in [6, 6.07) is 0. The van der Waals surface area contributed by atoms with Crippen molar-refractivity contribution in [1.29, 1.82) is 0 Å². The molecule has 0 heterocycles. The van der Waals surface area contributed by atoms with Gasteiger partial charge in [-0.2, -0.15) is 0 Å². The molecule has 0 aromatic heterocycles. The van der Waals surface area contributed by atoms with E-state index in [0.717, 1.165) is 60.2 Å². The van der Waals surface area contributed by atoms with Crippen LogP contribution in [-0.4, -0.2) is 11.2 Å². The molecular weight excluding hydrogens is 352 g/mol. The largest absolute Gasteiger partial charge is 0.393 e. The van der Waals surface area contributed by atoms with Crippen LogP contribution < -0.4 is 0 Å². The Morgan fingerprint density at radius 3 is 2.21 bits per heavy atom. The molecular formula is C28H50O. The fourth-order valence-electron chi connectivity index (χ4n) is 9.27. The van der Waals surface area contributed by atoms with E-state index in [-0.39, 0.29) is 6.10 Å². The van der Waals surface area contributed by atoms with Crippen molar-refractivity contribution in [3.05, 3.63) is 0 Å². The number of rotatable bonds is 5. The fraction of sp³-hybridized carbons (Fsp3) is 1.00. The lowest BCUT2D eigenvalue weighted by atomic mass is 9.44. The Morgan fingerprint density at radius 2 is 1.48 bits per heavy atom. The molecule has 168 valence electrons. The van der Waals surface area contributed by atoms with Gasteiger partial charge in [-0.3, -0.25) is 0 Å². The van der Waals surface area contributed by atoms with Gasteiger partial charge in [0.1, 0.15) is 0 Å². The Bertz CT molecular complexity index is 569. The van der Waals surface area contributed by atoms with Crippen LogP contribution in [0.1, 0.15) is 112 Å². The topological polar surface area (TPSA) is 20.2 Å². The van der Waals surface area contributed by atoms with Gasteiger partial charge in [-0.15, -0.1) is 0 Å². The zero-order valence-electron chi connectivity index (χ0n) is 20.4. The summed E-state index contributed by atoms with van der Waals surface area (Å²) in [7, 11) is 0. The molecule has 2 unspecified atom stereocenters. The number of hydrogen-bond acceptors (Lipinski definition) is 1. The molecule has 29 heavy (non-hydrogen) atoms. The Kier molecular flexibility index (Phi) is 6.22. The second-order valence-electron chi connectivity index (χ2n) is 13.1. The fourth-order valence-corrected chi connectivity index (χ4v) is 9.27. The maximum absolute atomic E-state index is 10.3. The molecule has 0 radical (unpaired) electrons. The lowest BCUT2D eigenvalue weighted by Gasteiger charge is -2.61. The molecule has 10 atom stereocenters. The highest BCUT2D eigenvalue weighted by Gasteiger charge is 2.60. The van der Waals surface area contributed by atoms with E-state index in [9.17, 15) is 5.11 Å². The molecule has 0 aromatic carbocycles. The monoisotopic (exact) mass is 402 g/mol. The summed E-state index contributed by atoms with van der Waals surface area (Å²) >= 11 is 0. The van der Waals surface area contributed by atoms with Crippen molar-refractivity contribution in [2.24, 2.45) is 58.2 Å². The minimum atomic E-state index is -0.0107. The van der Waals surface area contributed by atoms with Crippen LogP contribution in [0.4, 0.5) is 0 Å². The Labute approximate surface area is 181 Å². The normalized spacial score (nSPS) is 49.2. The van der Waals surface area contributed by atoms with Crippen LogP contribution in [0.5, 0.6) is 0 Å². The molecule has 1 nitrogen and oxygen atoms in total. The van der Waals surface area contributed by atoms with Crippen LogP contribution in [-0.2, 0) is 0 Å². The SMILES string of the molecule is CC(C)C(C)CCC(C)[C@H]1CC[C@H]2[C@@H]3CC[C@H]4C[C@@H](O)CC[C@]4(C)[C@H]3CC[C@]12C. The molecule has 0 spiro atoms. The number of aliphatic hydroxyl groups is 1. The van der Waals surface area contributed by atoms with Crippen LogP contribution >= 0.6 is 0 Å². The van der Waals surface area contributed by atoms with Gasteiger partial charge in [0.25, 0.3) is 0 Å². The average Bonchev–Trinajstić information content (AvgIpc) is 3.03. The molecule has 0 saturated heterocycles. The van der Waals surface area contributed by atoms with Crippen molar-refractivity contribution in [3.8, 4) is 0 Å². The Morgan fingerprint density at radius 1 is 0.793 bits per heavy atom. The van der Waals surface area contributed by atoms with Gasteiger partial charge >= 0.3 is 0 Å². The van der Waals surface area contributed by atoms with E-state index in [0.29, 0.717) is 10.8 Å². The van der Waals surface area contributed by atoms with Crippen molar-refractivity contribution in [2.75, 3.05) is 0 Å². The number of aliphatic hydroxyl groups excluding tert-OH is 1. The third-order valence-electron chi connectivity index (χ3n) is 11.6. The summed E-state index contributed by atoms with van der Waals surface area (Å²) in [5.41, 5.74) is 1.14. The van der Waals surface area contributed by atoms with E-state index in [1.54, 1.807) is 0 Å². The van der Waals surface area contributed by atoms with Gasteiger partial charge in [0.15, 0.2) is 0 Å². The first-order valence-electron chi connectivity index (χ1n) is 13.3. The third-order valence-corrected chi connectivity index (χ3v) is 11.6. The van der Waals surface area contributed by atoms with E-state index in [2.05, 4.69) is 41.5 Å². The van der Waals surface area contributed by atoms with Gasteiger partial charge in [0.05, 0.1) is 6.10 Å². The van der Waals surface area contributed by atoms with E-state index in [1.165, 1.54) is 57.8 Å². The minimum Gasteiger partial charge on any atom is -0.393 e. The van der Waals surface area contributed by atoms with Gasteiger partial charge in [-0.25, -0.2) is 0 Å². The van der Waals surface area contributed by atoms with Crippen LogP contribution in [0.25, 0.3) is 0 Å². The maximum Gasteiger partial charge on any atom is 0.0543 e. The first kappa shape index (κ1) is 22.2. The van der Waals surface area contributed by atoms with Crippen LogP contribution in [0.15, 0.2) is 0 Å². The molecule has 0 amide bonds. The molecule has 4 saturated carbocycles. The summed E-state index contributed by atoms with van der Waals surface area (Å²) in [5.74, 6) is 7.28. The highest BCUT2D eigenvalue weighted by molar-refractivity contribution is 5.09. The van der Waals surface area contributed by atoms with Crippen molar-refractivity contribution in [3.63, 3.8) is 0 Å². The molecule has 4 aliphatic carbocycles. The van der Waals surface area contributed by atoms with Crippen molar-refractivity contribution in [2.45, 2.75) is 118 Å². The maximum atomic E-state index is 10.3. The summed E-state index contributed by atoms with van der Waals surface area (Å²) in [4.78, 5) is 0. The van der Waals surface area contributed by atoms with Gasteiger partial charge in [-0.1, -0.05) is 54.4 Å². The van der Waals surface area contributed by atoms with Gasteiger partial charge in [0.2, 0.25) is 0 Å². The highest BCUT2D eigenvalue weighted by Crippen LogP contribution is 2.68. The molecule has 4 fully saturated rings. The third kappa shape index (κ3) is 3.74. The van der Waals surface area contributed by atoms with Crippen LogP contribution in [0.3, 0.4) is 0 Å². The van der Waals surface area contributed by atoms with E-state index >= 15 is 0 Å². The molecule has 1 N–H and O–H groups in total. The predicted molar refractivity (Wildman–Crippen MR) is 124 cm³/mol. The standard InChI is InChI=1S/C28H50O/c1-18(2)19(3)7-8-20(4)24-11-12-25-23-10-9-21-17-22(29)13-15-27(21,5)26(23)14-16-28(24,25)6/h18-26,29H,7-17H2,1-6H3/t19?,20?,21-,22-,23-,24+,25-,26-,27-,28+/m0/s1. The Hall–Kier alpha value is -0.0400. The van der Waals surface area contributed by atoms with Crippen molar-refractivity contribution in [1.82, 2.24) is 0 Å². The highest BCUT2D eigenvalue weighted by atomic mass is 16.3. The summed E-state index contributed by atoms with van der Waals surface area (Å²) in [6.45, 7) is 15.2. The van der Waals surface area contributed by atoms with Gasteiger partial charge in [0, 0.05) is 0 Å². The summed E-state index contributed by atoms with van der Waals surface area (Å²) < 4.78 is 0. The average molecular weight is 403 g/mol. The molecule has 4 aliphatic rings. The second kappa shape index (κ2) is 8.14. The lowest BCUT2D eigenvalue weighted by molar-refractivity contribution is -0.129. The van der Waals surface area contributed by atoms with Crippen LogP contribution in [0, 0.1) is 58.2 Å². The number of fused-ring (bicyclic) bond motifs is 5. The summed E-state index contributed by atoms with van der Waals surface area (Å²) in [6.07, 6.45) is 15.1.